The molecule has 0 aromatic rings. The summed E-state index contributed by atoms with van der Waals surface area (Å²) in [4.78, 5) is 14.2. The van der Waals surface area contributed by atoms with Crippen molar-refractivity contribution in [1.29, 1.82) is 0 Å². The zero-order valence-corrected chi connectivity index (χ0v) is 10.3. The molecule has 0 bridgehead atoms. The average molecular weight is 225 g/mol. The first-order valence-electron chi connectivity index (χ1n) is 6.26. The minimum atomic E-state index is -0.404. The van der Waals surface area contributed by atoms with Crippen LogP contribution in [0.4, 0.5) is 0 Å². The highest BCUT2D eigenvalue weighted by atomic mass is 16.1. The summed E-state index contributed by atoms with van der Waals surface area (Å²) in [7, 11) is 0. The third-order valence-corrected chi connectivity index (χ3v) is 3.26. The number of nitrogens with zero attached hydrogens (tertiary/aromatic N) is 1. The second-order valence-corrected chi connectivity index (χ2v) is 5.94. The fourth-order valence-electron chi connectivity index (χ4n) is 2.37. The van der Waals surface area contributed by atoms with E-state index in [1.807, 2.05) is 13.8 Å². The molecule has 1 aliphatic carbocycles. The van der Waals surface area contributed by atoms with Gasteiger partial charge in [0.15, 0.2) is 0 Å². The highest BCUT2D eigenvalue weighted by Gasteiger charge is 2.34. The summed E-state index contributed by atoms with van der Waals surface area (Å²) in [6, 6.07) is 1.16. The van der Waals surface area contributed by atoms with E-state index in [1.54, 1.807) is 0 Å². The van der Waals surface area contributed by atoms with Gasteiger partial charge in [0.1, 0.15) is 0 Å². The Labute approximate surface area is 97.6 Å². The largest absolute Gasteiger partial charge is 0.352 e. The van der Waals surface area contributed by atoms with Crippen LogP contribution in [0.25, 0.3) is 0 Å². The van der Waals surface area contributed by atoms with Crippen LogP contribution in [0, 0.1) is 0 Å². The number of carbonyl (C=O) groups excluding carboxylic acids is 1. The van der Waals surface area contributed by atoms with Crippen LogP contribution in [0.2, 0.25) is 0 Å². The summed E-state index contributed by atoms with van der Waals surface area (Å²) in [6.45, 7) is 5.94. The van der Waals surface area contributed by atoms with E-state index >= 15 is 0 Å². The molecular formula is C12H23N3O. The molecule has 2 rings (SSSR count). The van der Waals surface area contributed by atoms with Gasteiger partial charge in [-0.1, -0.05) is 0 Å². The Hall–Kier alpha value is -0.610. The summed E-state index contributed by atoms with van der Waals surface area (Å²) in [5.41, 5.74) is 5.42. The number of hydrogen-bond donors (Lipinski definition) is 2. The van der Waals surface area contributed by atoms with Gasteiger partial charge in [0.2, 0.25) is 5.91 Å². The molecule has 2 aliphatic rings. The zero-order chi connectivity index (χ0) is 11.8. The second kappa shape index (κ2) is 4.34. The second-order valence-electron chi connectivity index (χ2n) is 5.94. The Balaban J connectivity index is 1.71. The van der Waals surface area contributed by atoms with Crippen molar-refractivity contribution in [3.05, 3.63) is 0 Å². The molecule has 0 spiro atoms. The Morgan fingerprint density at radius 3 is 2.69 bits per heavy atom. The highest BCUT2D eigenvalue weighted by Crippen LogP contribution is 2.29. The maximum absolute atomic E-state index is 11.7. The molecule has 4 nitrogen and oxygen atoms in total. The van der Waals surface area contributed by atoms with E-state index in [2.05, 4.69) is 10.2 Å². The molecule has 0 aromatic carbocycles. The van der Waals surface area contributed by atoms with E-state index in [1.165, 1.54) is 12.8 Å². The van der Waals surface area contributed by atoms with Gasteiger partial charge < -0.3 is 11.1 Å². The lowest BCUT2D eigenvalue weighted by molar-refractivity contribution is -0.122. The molecule has 92 valence electrons. The first-order chi connectivity index (χ1) is 7.44. The fourth-order valence-corrected chi connectivity index (χ4v) is 2.37. The summed E-state index contributed by atoms with van der Waals surface area (Å²) in [5, 5.41) is 3.09. The fraction of sp³-hybridized carbons (Fsp3) is 0.917. The zero-order valence-electron chi connectivity index (χ0n) is 10.3. The van der Waals surface area contributed by atoms with Crippen molar-refractivity contribution in [2.45, 2.75) is 57.2 Å². The standard InChI is InChI=1S/C12H23N3O/c1-12(2,13)7-11(16)14-9-5-6-15(8-9)10-3-4-10/h9-10H,3-8,13H2,1-2H3,(H,14,16). The van der Waals surface area contributed by atoms with Crippen LogP contribution in [0.5, 0.6) is 0 Å². The summed E-state index contributed by atoms with van der Waals surface area (Å²) in [6.07, 6.45) is 4.19. The van der Waals surface area contributed by atoms with Crippen molar-refractivity contribution >= 4 is 5.91 Å². The highest BCUT2D eigenvalue weighted by molar-refractivity contribution is 5.77. The molecule has 1 unspecified atom stereocenters. The van der Waals surface area contributed by atoms with Crippen LogP contribution in [0.3, 0.4) is 0 Å². The maximum atomic E-state index is 11.7. The number of hydrogen-bond acceptors (Lipinski definition) is 3. The van der Waals surface area contributed by atoms with Crippen molar-refractivity contribution < 1.29 is 4.79 Å². The van der Waals surface area contributed by atoms with Crippen molar-refractivity contribution in [2.24, 2.45) is 5.73 Å². The minimum Gasteiger partial charge on any atom is -0.352 e. The van der Waals surface area contributed by atoms with Gasteiger partial charge in [-0.15, -0.1) is 0 Å². The van der Waals surface area contributed by atoms with Gasteiger partial charge in [0.05, 0.1) is 0 Å². The Morgan fingerprint density at radius 1 is 1.44 bits per heavy atom. The van der Waals surface area contributed by atoms with Crippen LogP contribution in [-0.4, -0.2) is 41.5 Å². The van der Waals surface area contributed by atoms with Gasteiger partial charge in [-0.2, -0.15) is 0 Å². The number of rotatable bonds is 4. The quantitative estimate of drug-likeness (QED) is 0.731. The smallest absolute Gasteiger partial charge is 0.222 e. The van der Waals surface area contributed by atoms with E-state index in [9.17, 15) is 4.79 Å². The molecule has 1 amide bonds. The lowest BCUT2D eigenvalue weighted by Crippen LogP contribution is -2.43. The Morgan fingerprint density at radius 2 is 2.12 bits per heavy atom. The van der Waals surface area contributed by atoms with Crippen LogP contribution in [0.1, 0.15) is 39.5 Å². The van der Waals surface area contributed by atoms with Crippen LogP contribution < -0.4 is 11.1 Å². The number of nitrogens with one attached hydrogen (secondary N) is 1. The van der Waals surface area contributed by atoms with Gasteiger partial charge in [0.25, 0.3) is 0 Å². The van der Waals surface area contributed by atoms with Crippen LogP contribution in [0.15, 0.2) is 0 Å². The first-order valence-corrected chi connectivity index (χ1v) is 6.26. The van der Waals surface area contributed by atoms with E-state index in [4.69, 9.17) is 5.73 Å². The van der Waals surface area contributed by atoms with Crippen molar-refractivity contribution in [3.63, 3.8) is 0 Å². The number of carbonyl (C=O) groups is 1. The Kier molecular flexibility index (Phi) is 3.22. The van der Waals surface area contributed by atoms with Crippen molar-refractivity contribution in [1.82, 2.24) is 10.2 Å². The Bertz CT molecular complexity index is 268. The third-order valence-electron chi connectivity index (χ3n) is 3.26. The summed E-state index contributed by atoms with van der Waals surface area (Å²) >= 11 is 0. The molecule has 0 aromatic heterocycles. The van der Waals surface area contributed by atoms with Gasteiger partial charge in [-0.25, -0.2) is 0 Å². The van der Waals surface area contributed by atoms with E-state index < -0.39 is 5.54 Å². The monoisotopic (exact) mass is 225 g/mol. The van der Waals surface area contributed by atoms with E-state index in [0.717, 1.165) is 25.6 Å². The lowest BCUT2D eigenvalue weighted by atomic mass is 10.0. The van der Waals surface area contributed by atoms with Gasteiger partial charge in [0, 0.05) is 37.1 Å². The predicted molar refractivity (Wildman–Crippen MR) is 64.0 cm³/mol. The molecule has 3 N–H and O–H groups in total. The third kappa shape index (κ3) is 3.46. The van der Waals surface area contributed by atoms with Gasteiger partial charge in [-0.05, 0) is 33.1 Å². The molecule has 0 radical (unpaired) electrons. The average Bonchev–Trinajstić information content (AvgIpc) is 2.85. The molecule has 1 aliphatic heterocycles. The van der Waals surface area contributed by atoms with E-state index in [0.29, 0.717) is 12.5 Å². The molecule has 1 atom stereocenters. The lowest BCUT2D eigenvalue weighted by Gasteiger charge is -2.20. The molecule has 1 saturated carbocycles. The minimum absolute atomic E-state index is 0.0927. The van der Waals surface area contributed by atoms with Crippen LogP contribution >= 0.6 is 0 Å². The van der Waals surface area contributed by atoms with E-state index in [-0.39, 0.29) is 5.91 Å². The molecule has 2 fully saturated rings. The normalized spacial score (nSPS) is 27.1. The predicted octanol–water partition coefficient (Wildman–Crippen LogP) is 0.467. The summed E-state index contributed by atoms with van der Waals surface area (Å²) < 4.78 is 0. The topological polar surface area (TPSA) is 58.4 Å². The van der Waals surface area contributed by atoms with Crippen molar-refractivity contribution in [2.75, 3.05) is 13.1 Å². The van der Waals surface area contributed by atoms with Gasteiger partial charge in [-0.3, -0.25) is 9.69 Å². The van der Waals surface area contributed by atoms with Crippen molar-refractivity contribution in [3.8, 4) is 0 Å². The number of amides is 1. The summed E-state index contributed by atoms with van der Waals surface area (Å²) in [5.74, 6) is 0.0927. The molecule has 1 heterocycles. The SMILES string of the molecule is CC(C)(N)CC(=O)NC1CCN(C2CC2)C1. The molecule has 4 heteroatoms. The van der Waals surface area contributed by atoms with Crippen LogP contribution in [-0.2, 0) is 4.79 Å². The maximum Gasteiger partial charge on any atom is 0.222 e. The first kappa shape index (κ1) is 11.9. The molecule has 16 heavy (non-hydrogen) atoms. The number of nitrogens with two attached hydrogens (primary N) is 1. The van der Waals surface area contributed by atoms with Gasteiger partial charge >= 0.3 is 0 Å². The molecule has 1 saturated heterocycles. The number of likely N-dealkylation sites (tertiary alicyclic amines) is 1. The molecular weight excluding hydrogens is 202 g/mol.